The molecule has 1 aliphatic heterocycles. The van der Waals surface area contributed by atoms with Gasteiger partial charge in [-0.2, -0.15) is 0 Å². The van der Waals surface area contributed by atoms with Crippen LogP contribution in [0.15, 0.2) is 69.8 Å². The van der Waals surface area contributed by atoms with Crippen LogP contribution in [0.1, 0.15) is 65.4 Å². The average Bonchev–Trinajstić information content (AvgIpc) is 3.27. The Bertz CT molecular complexity index is 778. The second-order valence-corrected chi connectivity index (χ2v) is 8.10. The molecule has 0 aromatic carbocycles. The van der Waals surface area contributed by atoms with Gasteiger partial charge >= 0.3 is 5.97 Å². The third-order valence-electron chi connectivity index (χ3n) is 5.30. The average molecular weight is 399 g/mol. The number of aliphatic hydroxyl groups excluding tert-OH is 1. The van der Waals surface area contributed by atoms with E-state index in [-0.39, 0.29) is 5.76 Å². The van der Waals surface area contributed by atoms with Gasteiger partial charge in [-0.15, -0.1) is 0 Å². The quantitative estimate of drug-likeness (QED) is 0.259. The SMILES string of the molecule is CC1=C(O)[C@@H](C/C(C)=C\CC[C@H](C)/C=C\C=C(\C)CCCc2ccoc2)OC1=O. The van der Waals surface area contributed by atoms with Crippen LogP contribution in [-0.2, 0) is 16.0 Å². The molecule has 1 aromatic rings. The van der Waals surface area contributed by atoms with E-state index in [2.05, 4.69) is 38.2 Å². The van der Waals surface area contributed by atoms with Crippen molar-refractivity contribution in [3.8, 4) is 0 Å². The number of aryl methyl sites for hydroxylation is 1. The Balaban J connectivity index is 1.65. The van der Waals surface area contributed by atoms with Crippen molar-refractivity contribution in [2.45, 2.75) is 72.3 Å². The van der Waals surface area contributed by atoms with Gasteiger partial charge in [-0.25, -0.2) is 4.79 Å². The molecule has 0 saturated carbocycles. The first-order valence-electron chi connectivity index (χ1n) is 10.5. The van der Waals surface area contributed by atoms with E-state index < -0.39 is 12.1 Å². The van der Waals surface area contributed by atoms with Crippen LogP contribution < -0.4 is 0 Å². The Labute approximate surface area is 174 Å². The predicted octanol–water partition coefficient (Wildman–Crippen LogP) is 6.61. The highest BCUT2D eigenvalue weighted by Crippen LogP contribution is 2.25. The topological polar surface area (TPSA) is 59.7 Å². The number of allylic oxidation sites excluding steroid dienone is 5. The smallest absolute Gasteiger partial charge is 0.338 e. The van der Waals surface area contributed by atoms with E-state index >= 15 is 0 Å². The number of rotatable bonds is 11. The summed E-state index contributed by atoms with van der Waals surface area (Å²) in [6, 6.07) is 2.03. The number of aliphatic hydroxyl groups is 1. The van der Waals surface area contributed by atoms with Gasteiger partial charge in [0.1, 0.15) is 5.76 Å². The van der Waals surface area contributed by atoms with E-state index in [1.807, 2.05) is 19.3 Å². The molecule has 4 nitrogen and oxygen atoms in total. The highest BCUT2D eigenvalue weighted by Gasteiger charge is 2.31. The molecule has 2 rings (SSSR count). The molecule has 0 amide bonds. The van der Waals surface area contributed by atoms with E-state index in [9.17, 15) is 9.90 Å². The van der Waals surface area contributed by atoms with Crippen molar-refractivity contribution in [3.05, 3.63) is 70.9 Å². The molecule has 0 aliphatic carbocycles. The maximum Gasteiger partial charge on any atom is 0.338 e. The molecular weight excluding hydrogens is 364 g/mol. The third kappa shape index (κ3) is 7.80. The molecule has 158 valence electrons. The number of hydrogen-bond acceptors (Lipinski definition) is 4. The Morgan fingerprint density at radius 3 is 2.76 bits per heavy atom. The van der Waals surface area contributed by atoms with Gasteiger partial charge in [0, 0.05) is 6.42 Å². The maximum atomic E-state index is 11.5. The normalized spacial score (nSPS) is 19.3. The molecule has 1 aromatic heterocycles. The molecule has 1 aliphatic rings. The summed E-state index contributed by atoms with van der Waals surface area (Å²) in [7, 11) is 0. The van der Waals surface area contributed by atoms with Crippen molar-refractivity contribution >= 4 is 5.97 Å². The van der Waals surface area contributed by atoms with Crippen LogP contribution in [0.2, 0.25) is 0 Å². The zero-order valence-corrected chi connectivity index (χ0v) is 18.1. The molecule has 0 spiro atoms. The van der Waals surface area contributed by atoms with Crippen molar-refractivity contribution in [2.24, 2.45) is 5.92 Å². The van der Waals surface area contributed by atoms with Crippen molar-refractivity contribution in [3.63, 3.8) is 0 Å². The van der Waals surface area contributed by atoms with Crippen LogP contribution in [-0.4, -0.2) is 17.2 Å². The fraction of sp³-hybridized carbons (Fsp3) is 0.480. The number of ether oxygens (including phenoxy) is 1. The highest BCUT2D eigenvalue weighted by atomic mass is 16.6. The van der Waals surface area contributed by atoms with Crippen molar-refractivity contribution in [1.29, 1.82) is 0 Å². The number of esters is 1. The molecule has 0 fully saturated rings. The summed E-state index contributed by atoms with van der Waals surface area (Å²) in [6.45, 7) is 8.02. The molecule has 1 N–H and O–H groups in total. The van der Waals surface area contributed by atoms with Crippen molar-refractivity contribution < 1.29 is 19.1 Å². The van der Waals surface area contributed by atoms with Crippen molar-refractivity contribution in [1.82, 2.24) is 0 Å². The van der Waals surface area contributed by atoms with Crippen LogP contribution in [0.5, 0.6) is 0 Å². The lowest BCUT2D eigenvalue weighted by Gasteiger charge is -2.11. The number of carbonyl (C=O) groups is 1. The van der Waals surface area contributed by atoms with Gasteiger partial charge < -0.3 is 14.3 Å². The molecule has 4 heteroatoms. The minimum Gasteiger partial charge on any atom is -0.508 e. The van der Waals surface area contributed by atoms with E-state index in [0.29, 0.717) is 17.9 Å². The number of hydrogen-bond donors (Lipinski definition) is 1. The first kappa shape index (κ1) is 22.8. The fourth-order valence-electron chi connectivity index (χ4n) is 3.32. The lowest BCUT2D eigenvalue weighted by atomic mass is 10.0. The molecule has 29 heavy (non-hydrogen) atoms. The monoisotopic (exact) mass is 398 g/mol. The maximum absolute atomic E-state index is 11.5. The summed E-state index contributed by atoms with van der Waals surface area (Å²) in [5.41, 5.74) is 4.11. The summed E-state index contributed by atoms with van der Waals surface area (Å²) in [6.07, 6.45) is 17.7. The summed E-state index contributed by atoms with van der Waals surface area (Å²) < 4.78 is 10.3. The van der Waals surface area contributed by atoms with Crippen LogP contribution in [0.3, 0.4) is 0 Å². The fourth-order valence-corrected chi connectivity index (χ4v) is 3.32. The van der Waals surface area contributed by atoms with E-state index in [0.717, 1.165) is 37.7 Å². The van der Waals surface area contributed by atoms with Gasteiger partial charge in [0.05, 0.1) is 18.1 Å². The van der Waals surface area contributed by atoms with E-state index in [1.54, 1.807) is 13.2 Å². The molecule has 0 radical (unpaired) electrons. The van der Waals surface area contributed by atoms with Gasteiger partial charge in [0.15, 0.2) is 6.10 Å². The molecule has 0 bridgehead atoms. The molecule has 0 unspecified atom stereocenters. The highest BCUT2D eigenvalue weighted by molar-refractivity contribution is 5.91. The number of furan rings is 1. The summed E-state index contributed by atoms with van der Waals surface area (Å²) in [5.74, 6) is 0.156. The van der Waals surface area contributed by atoms with Crippen LogP contribution >= 0.6 is 0 Å². The van der Waals surface area contributed by atoms with Crippen LogP contribution in [0, 0.1) is 5.92 Å². The number of cyclic esters (lactones) is 1. The largest absolute Gasteiger partial charge is 0.508 e. The third-order valence-corrected chi connectivity index (χ3v) is 5.30. The van der Waals surface area contributed by atoms with Crippen molar-refractivity contribution in [2.75, 3.05) is 0 Å². The van der Waals surface area contributed by atoms with Crippen LogP contribution in [0.25, 0.3) is 0 Å². The first-order valence-corrected chi connectivity index (χ1v) is 10.5. The minimum atomic E-state index is -0.516. The van der Waals surface area contributed by atoms with Gasteiger partial charge in [-0.05, 0) is 70.4 Å². The second-order valence-electron chi connectivity index (χ2n) is 8.10. The summed E-state index contributed by atoms with van der Waals surface area (Å²) >= 11 is 0. The van der Waals surface area contributed by atoms with Gasteiger partial charge in [-0.1, -0.05) is 42.4 Å². The second kappa shape index (κ2) is 11.5. The molecule has 2 heterocycles. The zero-order chi connectivity index (χ0) is 21.2. The van der Waals surface area contributed by atoms with Gasteiger partial charge in [-0.3, -0.25) is 0 Å². The summed E-state index contributed by atoms with van der Waals surface area (Å²) in [4.78, 5) is 11.5. The Morgan fingerprint density at radius 1 is 1.31 bits per heavy atom. The predicted molar refractivity (Wildman–Crippen MR) is 117 cm³/mol. The molecule has 0 saturated heterocycles. The lowest BCUT2D eigenvalue weighted by molar-refractivity contribution is -0.140. The Kier molecular flexibility index (Phi) is 9.04. The summed E-state index contributed by atoms with van der Waals surface area (Å²) in [5, 5.41) is 9.92. The van der Waals surface area contributed by atoms with E-state index in [4.69, 9.17) is 9.15 Å². The lowest BCUT2D eigenvalue weighted by Crippen LogP contribution is -2.12. The zero-order valence-electron chi connectivity index (χ0n) is 18.1. The Morgan fingerprint density at radius 2 is 2.10 bits per heavy atom. The standard InChI is InChI=1S/C25H34O4/c1-18(8-5-9-19(2)11-7-13-22-14-15-28-17-22)10-6-12-20(3)16-23-24(26)21(4)25(27)29-23/h5,8-9,12,14-15,17-18,23,26H,6-7,10-11,13,16H2,1-4H3/b8-5-,19-9-,20-12-/t18-,23-/m1/s1. The molecule has 2 atom stereocenters. The van der Waals surface area contributed by atoms with Gasteiger partial charge in [0.2, 0.25) is 0 Å². The first-order chi connectivity index (χ1) is 13.9. The van der Waals surface area contributed by atoms with Crippen LogP contribution in [0.4, 0.5) is 0 Å². The molecular formula is C25H34O4. The number of carbonyl (C=O) groups excluding carboxylic acids is 1. The van der Waals surface area contributed by atoms with Gasteiger partial charge in [0.25, 0.3) is 0 Å². The minimum absolute atomic E-state index is 0.0750. The Hall–Kier alpha value is -2.49. The van der Waals surface area contributed by atoms with E-state index in [1.165, 1.54) is 11.1 Å².